The number of fused-ring (bicyclic) bond motifs is 1. The molecule has 0 atom stereocenters. The molecule has 35 heavy (non-hydrogen) atoms. The van der Waals surface area contributed by atoms with Crippen molar-refractivity contribution in [2.45, 2.75) is 24.7 Å². The molecule has 2 aromatic heterocycles. The monoisotopic (exact) mass is 532 g/mol. The average molecular weight is 533 g/mol. The highest BCUT2D eigenvalue weighted by Crippen LogP contribution is 2.31. The summed E-state index contributed by atoms with van der Waals surface area (Å²) in [7, 11) is -4.20. The summed E-state index contributed by atoms with van der Waals surface area (Å²) >= 11 is 12.1. The molecule has 4 rings (SSSR count). The fourth-order valence-electron chi connectivity index (χ4n) is 3.54. The molecule has 0 N–H and O–H groups in total. The highest BCUT2D eigenvalue weighted by atomic mass is 35.5. The molecule has 2 heterocycles. The van der Waals surface area contributed by atoms with Crippen molar-refractivity contribution >= 4 is 55.8 Å². The molecule has 0 radical (unpaired) electrons. The quantitative estimate of drug-likeness (QED) is 0.215. The van der Waals surface area contributed by atoms with E-state index in [1.807, 2.05) is 23.8 Å². The third kappa shape index (κ3) is 5.58. The zero-order chi connectivity index (χ0) is 25.0. The first-order valence-electron chi connectivity index (χ1n) is 10.8. The number of halogens is 2. The Bertz CT molecular complexity index is 1440. The first-order chi connectivity index (χ1) is 16.8. The predicted molar refractivity (Wildman–Crippen MR) is 136 cm³/mol. The van der Waals surface area contributed by atoms with Crippen molar-refractivity contribution in [1.29, 1.82) is 0 Å². The van der Waals surface area contributed by atoms with Crippen molar-refractivity contribution in [3.63, 3.8) is 0 Å². The number of carbonyl (C=O) groups excluding carboxylic acids is 1. The number of aromatic nitrogens is 3. The second kappa shape index (κ2) is 10.6. The number of hydrogen-bond donors (Lipinski definition) is 0. The van der Waals surface area contributed by atoms with Gasteiger partial charge in [0.2, 0.25) is 0 Å². The van der Waals surface area contributed by atoms with Crippen LogP contribution in [0.25, 0.3) is 16.6 Å². The fourth-order valence-corrected chi connectivity index (χ4v) is 5.67. The Hall–Kier alpha value is -3.14. The maximum Gasteiger partial charge on any atom is 0.326 e. The molecular weight excluding hydrogens is 511 g/mol. The predicted octanol–water partition coefficient (Wildman–Crippen LogP) is 5.27. The van der Waals surface area contributed by atoms with Gasteiger partial charge < -0.3 is 9.30 Å². The highest BCUT2D eigenvalue weighted by Gasteiger charge is 2.29. The van der Waals surface area contributed by atoms with E-state index in [9.17, 15) is 13.2 Å². The van der Waals surface area contributed by atoms with Gasteiger partial charge in [0.05, 0.1) is 40.8 Å². The minimum atomic E-state index is -4.20. The maximum absolute atomic E-state index is 13.6. The molecule has 0 bridgehead atoms. The van der Waals surface area contributed by atoms with E-state index in [2.05, 4.69) is 9.97 Å². The van der Waals surface area contributed by atoms with Crippen molar-refractivity contribution < 1.29 is 17.9 Å². The summed E-state index contributed by atoms with van der Waals surface area (Å²) in [5, 5.41) is 1.09. The smallest absolute Gasteiger partial charge is 0.326 e. The van der Waals surface area contributed by atoms with E-state index in [1.54, 1.807) is 30.6 Å². The van der Waals surface area contributed by atoms with Crippen LogP contribution < -0.4 is 4.31 Å². The summed E-state index contributed by atoms with van der Waals surface area (Å²) in [5.74, 6) is -0.658. The third-order valence-electron chi connectivity index (χ3n) is 5.24. The lowest BCUT2D eigenvalue weighted by Crippen LogP contribution is -2.36. The van der Waals surface area contributed by atoms with Gasteiger partial charge >= 0.3 is 5.97 Å². The van der Waals surface area contributed by atoms with Gasteiger partial charge in [-0.25, -0.2) is 18.4 Å². The zero-order valence-corrected chi connectivity index (χ0v) is 21.1. The number of carbonyl (C=O) groups is 1. The number of ether oxygens (including phenoxy) is 1. The summed E-state index contributed by atoms with van der Waals surface area (Å²) in [4.78, 5) is 20.5. The third-order valence-corrected chi connectivity index (χ3v) is 7.43. The Labute approximate surface area is 213 Å². The van der Waals surface area contributed by atoms with E-state index in [4.69, 9.17) is 27.9 Å². The molecule has 0 fully saturated rings. The van der Waals surface area contributed by atoms with E-state index in [0.717, 1.165) is 27.3 Å². The number of nitrogens with zero attached hydrogens (tertiary/aromatic N) is 4. The lowest BCUT2D eigenvalue weighted by Gasteiger charge is -2.24. The molecular formula is C24H22Cl2N4O4S. The number of benzene rings is 2. The Morgan fingerprint density at radius 2 is 1.77 bits per heavy atom. The van der Waals surface area contributed by atoms with Gasteiger partial charge in [0.1, 0.15) is 12.9 Å². The van der Waals surface area contributed by atoms with Gasteiger partial charge in [-0.1, -0.05) is 36.5 Å². The van der Waals surface area contributed by atoms with Crippen molar-refractivity contribution in [3.8, 4) is 5.69 Å². The molecule has 0 unspecified atom stereocenters. The van der Waals surface area contributed by atoms with Crippen LogP contribution in [0.2, 0.25) is 10.0 Å². The molecule has 182 valence electrons. The second-order valence-corrected chi connectivity index (χ2v) is 10.5. The van der Waals surface area contributed by atoms with Crippen LogP contribution in [-0.2, 0) is 19.6 Å². The number of sulfonamides is 1. The summed E-state index contributed by atoms with van der Waals surface area (Å²) in [6, 6.07) is 11.0. The summed E-state index contributed by atoms with van der Waals surface area (Å²) in [6.45, 7) is 1.68. The van der Waals surface area contributed by atoms with Crippen LogP contribution in [0.3, 0.4) is 0 Å². The Morgan fingerprint density at radius 1 is 1.06 bits per heavy atom. The van der Waals surface area contributed by atoms with E-state index < -0.39 is 22.5 Å². The van der Waals surface area contributed by atoms with Crippen molar-refractivity contribution in [1.82, 2.24) is 14.5 Å². The molecule has 4 aromatic rings. The van der Waals surface area contributed by atoms with Gasteiger partial charge in [-0.3, -0.25) is 9.10 Å². The minimum absolute atomic E-state index is 0.129. The number of anilines is 1. The topological polar surface area (TPSA) is 94.4 Å². The van der Waals surface area contributed by atoms with Crippen molar-refractivity contribution in [2.75, 3.05) is 17.5 Å². The first-order valence-corrected chi connectivity index (χ1v) is 13.0. The number of hydrogen-bond acceptors (Lipinski definition) is 6. The number of esters is 1. The van der Waals surface area contributed by atoms with Crippen LogP contribution in [0.4, 0.5) is 5.69 Å². The van der Waals surface area contributed by atoms with E-state index in [0.29, 0.717) is 12.1 Å². The molecule has 0 spiro atoms. The Balaban J connectivity index is 1.76. The standard InChI is InChI=1S/C24H22Cl2N4O4S/c1-2-3-8-34-24(31)15-30(35(32,33)22-11-18(25)10-19(26)12-22)20-4-5-23-17(9-20)6-7-29(23)21-13-27-16-28-14-21/h4-7,9-14,16H,2-3,8,15H2,1H3. The average Bonchev–Trinajstić information content (AvgIpc) is 3.26. The summed E-state index contributed by atoms with van der Waals surface area (Å²) < 4.78 is 35.4. The fraction of sp³-hybridized carbons (Fsp3) is 0.208. The lowest BCUT2D eigenvalue weighted by atomic mass is 10.2. The SMILES string of the molecule is CCCCOC(=O)CN(c1ccc2c(ccn2-c2cncnc2)c1)S(=O)(=O)c1cc(Cl)cc(Cl)c1. The van der Waals surface area contributed by atoms with Gasteiger partial charge in [-0.05, 0) is 48.9 Å². The Morgan fingerprint density at radius 3 is 2.46 bits per heavy atom. The molecule has 0 amide bonds. The largest absolute Gasteiger partial charge is 0.464 e. The van der Waals surface area contributed by atoms with Gasteiger partial charge in [0.15, 0.2) is 0 Å². The van der Waals surface area contributed by atoms with E-state index in [1.165, 1.54) is 24.5 Å². The molecule has 0 saturated heterocycles. The van der Waals surface area contributed by atoms with Crippen LogP contribution in [0.5, 0.6) is 0 Å². The number of unbranched alkanes of at least 4 members (excludes halogenated alkanes) is 1. The molecule has 2 aromatic carbocycles. The molecule has 11 heteroatoms. The van der Waals surface area contributed by atoms with Gasteiger partial charge in [0, 0.05) is 21.6 Å². The normalized spacial score (nSPS) is 11.5. The van der Waals surface area contributed by atoms with E-state index >= 15 is 0 Å². The van der Waals surface area contributed by atoms with E-state index in [-0.39, 0.29) is 21.5 Å². The van der Waals surface area contributed by atoms with Crippen LogP contribution in [0, 0.1) is 0 Å². The van der Waals surface area contributed by atoms with Gasteiger partial charge in [-0.2, -0.15) is 0 Å². The highest BCUT2D eigenvalue weighted by molar-refractivity contribution is 7.92. The minimum Gasteiger partial charge on any atom is -0.464 e. The van der Waals surface area contributed by atoms with Crippen LogP contribution in [-0.4, -0.2) is 42.1 Å². The molecule has 0 saturated carbocycles. The second-order valence-electron chi connectivity index (χ2n) is 7.72. The first kappa shape index (κ1) is 25.0. The van der Waals surface area contributed by atoms with Crippen LogP contribution in [0.1, 0.15) is 19.8 Å². The van der Waals surface area contributed by atoms with Crippen LogP contribution in [0.15, 0.2) is 72.3 Å². The van der Waals surface area contributed by atoms with Crippen molar-refractivity contribution in [3.05, 3.63) is 77.4 Å². The molecule has 0 aliphatic carbocycles. The molecule has 8 nitrogen and oxygen atoms in total. The lowest BCUT2D eigenvalue weighted by molar-refractivity contribution is -0.141. The summed E-state index contributed by atoms with van der Waals surface area (Å²) in [6.07, 6.45) is 8.15. The zero-order valence-electron chi connectivity index (χ0n) is 18.8. The summed E-state index contributed by atoms with van der Waals surface area (Å²) in [5.41, 5.74) is 1.87. The van der Waals surface area contributed by atoms with Gasteiger partial charge in [-0.15, -0.1) is 0 Å². The molecule has 0 aliphatic heterocycles. The van der Waals surface area contributed by atoms with Crippen LogP contribution >= 0.6 is 23.2 Å². The molecule has 0 aliphatic rings. The number of rotatable bonds is 9. The van der Waals surface area contributed by atoms with Gasteiger partial charge in [0.25, 0.3) is 10.0 Å². The Kier molecular flexibility index (Phi) is 7.59. The maximum atomic E-state index is 13.6. The van der Waals surface area contributed by atoms with Crippen molar-refractivity contribution in [2.24, 2.45) is 0 Å².